The van der Waals surface area contributed by atoms with Crippen LogP contribution in [0, 0.1) is 0 Å². The van der Waals surface area contributed by atoms with Crippen molar-refractivity contribution in [2.24, 2.45) is 0 Å². The number of rotatable bonds is 0. The van der Waals surface area contributed by atoms with Gasteiger partial charge in [0.15, 0.2) is 0 Å². The summed E-state index contributed by atoms with van der Waals surface area (Å²) in [6.07, 6.45) is 0. The van der Waals surface area contributed by atoms with Crippen LogP contribution in [0.5, 0.6) is 0 Å². The Morgan fingerprint density at radius 2 is 0.800 bits per heavy atom. The topological polar surface area (TPSA) is 0 Å². The van der Waals surface area contributed by atoms with Crippen LogP contribution in [0.4, 0.5) is 0 Å². The van der Waals surface area contributed by atoms with E-state index in [1.807, 2.05) is 0 Å². The van der Waals surface area contributed by atoms with Gasteiger partial charge in [-0.15, -0.1) is 0 Å². The van der Waals surface area contributed by atoms with Crippen molar-refractivity contribution < 1.29 is 20.2 Å². The quantitative estimate of drug-likeness (QED) is 0.600. The first-order valence-electron chi connectivity index (χ1n) is 0.873. The van der Waals surface area contributed by atoms with E-state index in [0.717, 1.165) is 0 Å². The molecule has 0 aliphatic rings. The molecule has 0 saturated carbocycles. The average molecular weight is 231 g/mol. The molecular weight excluding hydrogens is 231 g/mol. The van der Waals surface area contributed by atoms with Crippen molar-refractivity contribution >= 4 is 29.3 Å². The van der Waals surface area contributed by atoms with E-state index in [0.29, 0.717) is 0 Å². The zero-order chi connectivity index (χ0) is 4.50. The first-order chi connectivity index (χ1) is 2.00. The van der Waals surface area contributed by atoms with Gasteiger partial charge in [0.1, 0.15) is 0 Å². The maximum atomic E-state index is 5.05. The Labute approximate surface area is 48.5 Å². The van der Waals surface area contributed by atoms with Crippen molar-refractivity contribution in [3.63, 3.8) is 0 Å². The van der Waals surface area contributed by atoms with E-state index in [4.69, 9.17) is 29.3 Å². The van der Waals surface area contributed by atoms with Crippen LogP contribution >= 0.6 is 29.3 Å². The second-order valence-corrected chi connectivity index (χ2v) is 26.3. The fraction of sp³-hybridized carbons (Fsp3) is 0. The summed E-state index contributed by atoms with van der Waals surface area (Å²) in [5, 5.41) is 0. The van der Waals surface area contributed by atoms with Crippen LogP contribution in [0.25, 0.3) is 0 Å². The predicted molar refractivity (Wildman–Crippen MR) is 23.4 cm³/mol. The van der Waals surface area contributed by atoms with E-state index in [-0.39, 0.29) is 0 Å². The molecule has 0 atom stereocenters. The summed E-state index contributed by atoms with van der Waals surface area (Å²) >= 11 is -3.37. The Kier molecular flexibility index (Phi) is 3.69. The van der Waals surface area contributed by atoms with Gasteiger partial charge in [-0.1, -0.05) is 0 Å². The first-order valence-corrected chi connectivity index (χ1v) is 15.5. The molecule has 0 bridgehead atoms. The summed E-state index contributed by atoms with van der Waals surface area (Å²) in [5.41, 5.74) is 0. The van der Waals surface area contributed by atoms with Gasteiger partial charge >= 0.3 is 49.5 Å². The van der Waals surface area contributed by atoms with Gasteiger partial charge in [0.25, 0.3) is 0 Å². The molecule has 5 heteroatoms. The molecule has 0 heterocycles. The van der Waals surface area contributed by atoms with Gasteiger partial charge in [0, 0.05) is 0 Å². The molecule has 0 fully saturated rings. The summed E-state index contributed by atoms with van der Waals surface area (Å²) in [6, 6.07) is 0. The fourth-order valence-corrected chi connectivity index (χ4v) is 0. The zero-order valence-electron chi connectivity index (χ0n) is 2.09. The van der Waals surface area contributed by atoms with Crippen LogP contribution < -0.4 is 0 Å². The number of hydrogen-bond donors (Lipinski definition) is 0. The number of halogens is 4. The molecule has 5 heavy (non-hydrogen) atoms. The Hall–Kier alpha value is 2.26. The standard InChI is InChI=1S/4ClH.Y/h4*1H;/q;;;;+4/p-4. The Bertz CT molecular complexity index is 19.1. The molecule has 0 aliphatic carbocycles. The van der Waals surface area contributed by atoms with Crippen molar-refractivity contribution in [3.8, 4) is 0 Å². The van der Waals surface area contributed by atoms with Crippen LogP contribution in [0.15, 0.2) is 0 Å². The molecule has 0 spiro atoms. The van der Waals surface area contributed by atoms with Crippen molar-refractivity contribution in [2.75, 3.05) is 0 Å². The zero-order valence-corrected chi connectivity index (χ0v) is 7.95. The molecule has 0 aromatic heterocycles. The van der Waals surface area contributed by atoms with E-state index in [1.165, 1.54) is 0 Å². The monoisotopic (exact) mass is 229 g/mol. The third kappa shape index (κ3) is 22.2. The van der Waals surface area contributed by atoms with Gasteiger partial charge in [0.2, 0.25) is 0 Å². The SMILES string of the molecule is [Cl][Y]([Cl])([Cl])[Cl]. The molecule has 0 radical (unpaired) electrons. The molecular formula is Cl4Y. The predicted octanol–water partition coefficient (Wildman–Crippen LogP) is 2.76. The summed E-state index contributed by atoms with van der Waals surface area (Å²) in [5.74, 6) is 0. The van der Waals surface area contributed by atoms with Crippen LogP contribution in [0.3, 0.4) is 0 Å². The van der Waals surface area contributed by atoms with Gasteiger partial charge in [-0.05, 0) is 0 Å². The Morgan fingerprint density at radius 3 is 0.800 bits per heavy atom. The normalized spacial score (nSPS) is 12.0. The van der Waals surface area contributed by atoms with E-state index < -0.39 is 20.2 Å². The van der Waals surface area contributed by atoms with E-state index in [2.05, 4.69) is 0 Å². The minimum absolute atomic E-state index is 3.37. The van der Waals surface area contributed by atoms with E-state index >= 15 is 0 Å². The van der Waals surface area contributed by atoms with Crippen LogP contribution in [-0.2, 0) is 20.2 Å². The van der Waals surface area contributed by atoms with Gasteiger partial charge in [0.05, 0.1) is 0 Å². The van der Waals surface area contributed by atoms with Gasteiger partial charge in [-0.25, -0.2) is 0 Å². The summed E-state index contributed by atoms with van der Waals surface area (Å²) in [7, 11) is 20.2. The van der Waals surface area contributed by atoms with Crippen molar-refractivity contribution in [1.29, 1.82) is 0 Å². The van der Waals surface area contributed by atoms with Crippen LogP contribution in [0.2, 0.25) is 0 Å². The maximum absolute atomic E-state index is 5.05. The minimum atomic E-state index is -3.37. The average Bonchev–Trinajstić information content (AvgIpc) is 0.722. The van der Waals surface area contributed by atoms with E-state index in [1.54, 1.807) is 0 Å². The van der Waals surface area contributed by atoms with Gasteiger partial charge < -0.3 is 0 Å². The molecule has 0 aromatic carbocycles. The first kappa shape index (κ1) is 7.26. The fourth-order valence-electron chi connectivity index (χ4n) is 0. The van der Waals surface area contributed by atoms with E-state index in [9.17, 15) is 0 Å². The second-order valence-electron chi connectivity index (χ2n) is 0.495. The second kappa shape index (κ2) is 2.54. The van der Waals surface area contributed by atoms with Gasteiger partial charge in [-0.3, -0.25) is 0 Å². The third-order valence-electron chi connectivity index (χ3n) is 0. The van der Waals surface area contributed by atoms with Crippen LogP contribution in [0.1, 0.15) is 0 Å². The third-order valence-corrected chi connectivity index (χ3v) is 0. The molecule has 0 aromatic rings. The molecule has 0 unspecified atom stereocenters. The number of hydrogen-bond acceptors (Lipinski definition) is 0. The van der Waals surface area contributed by atoms with Crippen LogP contribution in [-0.4, -0.2) is 0 Å². The van der Waals surface area contributed by atoms with Crippen molar-refractivity contribution in [3.05, 3.63) is 0 Å². The van der Waals surface area contributed by atoms with Crippen molar-refractivity contribution in [2.45, 2.75) is 0 Å². The Morgan fingerprint density at radius 1 is 0.800 bits per heavy atom. The Balaban J connectivity index is 3.02. The molecule has 31 valence electrons. The molecule has 0 saturated heterocycles. The van der Waals surface area contributed by atoms with Crippen molar-refractivity contribution in [1.82, 2.24) is 0 Å². The molecule has 0 aliphatic heterocycles. The summed E-state index contributed by atoms with van der Waals surface area (Å²) in [6.45, 7) is 0. The molecule has 0 nitrogen and oxygen atoms in total. The van der Waals surface area contributed by atoms with Gasteiger partial charge in [-0.2, -0.15) is 0 Å². The summed E-state index contributed by atoms with van der Waals surface area (Å²) < 4.78 is 0. The molecule has 0 N–H and O–H groups in total. The molecule has 0 amide bonds. The molecule has 0 rings (SSSR count). The summed E-state index contributed by atoms with van der Waals surface area (Å²) in [4.78, 5) is 0.